The maximum Gasteiger partial charge on any atom is 0.387 e. The van der Waals surface area contributed by atoms with Crippen molar-refractivity contribution in [1.82, 2.24) is 4.31 Å². The van der Waals surface area contributed by atoms with E-state index in [0.717, 1.165) is 6.07 Å². The number of ether oxygens (including phenoxy) is 2. The molecule has 1 aliphatic heterocycles. The molecule has 0 aliphatic carbocycles. The molecule has 3 rings (SSSR count). The number of benzene rings is 2. The highest BCUT2D eigenvalue weighted by Gasteiger charge is 2.30. The summed E-state index contributed by atoms with van der Waals surface area (Å²) in [7, 11) is -3.96. The lowest BCUT2D eigenvalue weighted by Gasteiger charge is -2.26. The number of hydrogen-bond donors (Lipinski definition) is 1. The number of morpholine rings is 1. The molecule has 0 spiro atoms. The summed E-state index contributed by atoms with van der Waals surface area (Å²) in [5.74, 6) is -0.774. The van der Waals surface area contributed by atoms with Gasteiger partial charge in [0.15, 0.2) is 0 Å². The second kappa shape index (κ2) is 9.44. The van der Waals surface area contributed by atoms with Crippen molar-refractivity contribution in [2.75, 3.05) is 31.6 Å². The first-order valence-electron chi connectivity index (χ1n) is 8.61. The number of rotatable bonds is 6. The van der Waals surface area contributed by atoms with Crippen molar-refractivity contribution >= 4 is 44.8 Å². The van der Waals surface area contributed by atoms with Gasteiger partial charge in [-0.05, 0) is 36.4 Å². The Labute approximate surface area is 181 Å². The molecule has 1 amide bonds. The van der Waals surface area contributed by atoms with Gasteiger partial charge in [-0.3, -0.25) is 4.79 Å². The van der Waals surface area contributed by atoms with Crippen molar-refractivity contribution in [3.8, 4) is 5.75 Å². The number of anilines is 1. The molecule has 0 aromatic heterocycles. The van der Waals surface area contributed by atoms with Crippen molar-refractivity contribution < 1.29 is 31.5 Å². The first kappa shape index (κ1) is 22.7. The van der Waals surface area contributed by atoms with Crippen molar-refractivity contribution in [2.45, 2.75) is 11.5 Å². The van der Waals surface area contributed by atoms with E-state index in [9.17, 15) is 22.0 Å². The largest absolute Gasteiger partial charge is 0.435 e. The van der Waals surface area contributed by atoms with Crippen LogP contribution in [-0.2, 0) is 14.8 Å². The van der Waals surface area contributed by atoms with Crippen molar-refractivity contribution in [3.05, 3.63) is 52.0 Å². The zero-order chi connectivity index (χ0) is 21.9. The molecule has 0 bridgehead atoms. The van der Waals surface area contributed by atoms with Crippen LogP contribution in [0.25, 0.3) is 0 Å². The molecule has 1 N–H and O–H groups in total. The zero-order valence-corrected chi connectivity index (χ0v) is 17.6. The monoisotopic (exact) mass is 480 g/mol. The molecular formula is C18H16Cl2F2N2O5S. The summed E-state index contributed by atoms with van der Waals surface area (Å²) in [6.07, 6.45) is 0. The minimum absolute atomic E-state index is 0.0453. The molecule has 7 nitrogen and oxygen atoms in total. The molecule has 1 fully saturated rings. The van der Waals surface area contributed by atoms with Gasteiger partial charge in [-0.15, -0.1) is 0 Å². The Balaban J connectivity index is 1.85. The predicted octanol–water partition coefficient (Wildman–Crippen LogP) is 3.87. The third kappa shape index (κ3) is 5.19. The van der Waals surface area contributed by atoms with Crippen LogP contribution >= 0.6 is 23.2 Å². The van der Waals surface area contributed by atoms with Gasteiger partial charge in [-0.2, -0.15) is 13.1 Å². The van der Waals surface area contributed by atoms with Gasteiger partial charge in [-0.25, -0.2) is 8.42 Å². The van der Waals surface area contributed by atoms with E-state index in [1.807, 2.05) is 0 Å². The standard InChI is InChI=1S/C18H16Cl2F2N2O5S/c19-14-10-15(20)16(30(26,27)24-5-7-28-8-6-24)9-13(14)17(25)23-11-1-3-12(4-2-11)29-18(21)22/h1-4,9-10,18H,5-8H2,(H,23,25). The molecule has 1 aliphatic rings. The fraction of sp³-hybridized carbons (Fsp3) is 0.278. The second-order valence-electron chi connectivity index (χ2n) is 6.14. The van der Waals surface area contributed by atoms with E-state index < -0.39 is 22.5 Å². The Kier molecular flexibility index (Phi) is 7.14. The van der Waals surface area contributed by atoms with Gasteiger partial charge in [0.25, 0.3) is 5.91 Å². The quantitative estimate of drug-likeness (QED) is 0.678. The second-order valence-corrected chi connectivity index (χ2v) is 8.86. The third-order valence-corrected chi connectivity index (χ3v) is 6.87. The van der Waals surface area contributed by atoms with E-state index in [2.05, 4.69) is 10.1 Å². The topological polar surface area (TPSA) is 84.9 Å². The van der Waals surface area contributed by atoms with Gasteiger partial charge >= 0.3 is 6.61 Å². The summed E-state index contributed by atoms with van der Waals surface area (Å²) < 4.78 is 60.9. The number of hydrogen-bond acceptors (Lipinski definition) is 5. The number of sulfonamides is 1. The lowest BCUT2D eigenvalue weighted by molar-refractivity contribution is -0.0498. The molecule has 0 saturated carbocycles. The van der Waals surface area contributed by atoms with E-state index in [0.29, 0.717) is 0 Å². The van der Waals surface area contributed by atoms with Crippen LogP contribution in [-0.4, -0.2) is 51.5 Å². The average Bonchev–Trinajstić information content (AvgIpc) is 2.69. The molecule has 2 aromatic rings. The summed E-state index contributed by atoms with van der Waals surface area (Å²) in [5, 5.41) is 2.36. The number of nitrogens with zero attached hydrogens (tertiary/aromatic N) is 1. The van der Waals surface area contributed by atoms with Crippen LogP contribution in [0.5, 0.6) is 5.75 Å². The Hall–Kier alpha value is -1.98. The number of carbonyl (C=O) groups is 1. The molecule has 1 heterocycles. The number of amides is 1. The van der Waals surface area contributed by atoms with Crippen LogP contribution in [0, 0.1) is 0 Å². The highest BCUT2D eigenvalue weighted by atomic mass is 35.5. The Bertz CT molecular complexity index is 1030. The number of carbonyl (C=O) groups excluding carboxylic acids is 1. The summed E-state index contributed by atoms with van der Waals surface area (Å²) >= 11 is 12.2. The van der Waals surface area contributed by atoms with Crippen LogP contribution in [0.1, 0.15) is 10.4 Å². The molecule has 30 heavy (non-hydrogen) atoms. The molecule has 162 valence electrons. The molecule has 0 radical (unpaired) electrons. The lowest BCUT2D eigenvalue weighted by Crippen LogP contribution is -2.40. The highest BCUT2D eigenvalue weighted by Crippen LogP contribution is 2.31. The molecule has 12 heteroatoms. The van der Waals surface area contributed by atoms with Crippen LogP contribution in [0.2, 0.25) is 10.0 Å². The van der Waals surface area contributed by atoms with Crippen molar-refractivity contribution in [3.63, 3.8) is 0 Å². The normalized spacial score (nSPS) is 15.2. The first-order chi connectivity index (χ1) is 14.2. The van der Waals surface area contributed by atoms with Crippen LogP contribution in [0.15, 0.2) is 41.3 Å². The maximum absolute atomic E-state index is 12.9. The van der Waals surface area contributed by atoms with E-state index in [1.54, 1.807) is 0 Å². The Morgan fingerprint density at radius 1 is 1.10 bits per heavy atom. The molecule has 1 saturated heterocycles. The van der Waals surface area contributed by atoms with E-state index in [1.165, 1.54) is 34.6 Å². The molecule has 0 atom stereocenters. The smallest absolute Gasteiger partial charge is 0.387 e. The summed E-state index contributed by atoms with van der Waals surface area (Å²) in [6, 6.07) is 7.50. The van der Waals surface area contributed by atoms with E-state index in [4.69, 9.17) is 27.9 Å². The molecule has 2 aromatic carbocycles. The summed E-state index contributed by atoms with van der Waals surface area (Å²) in [5.41, 5.74) is 0.158. The van der Waals surface area contributed by atoms with Gasteiger partial charge < -0.3 is 14.8 Å². The fourth-order valence-corrected chi connectivity index (χ4v) is 4.99. The van der Waals surface area contributed by atoms with Gasteiger partial charge in [0.2, 0.25) is 10.0 Å². The van der Waals surface area contributed by atoms with Crippen molar-refractivity contribution in [1.29, 1.82) is 0 Å². The molecule has 0 unspecified atom stereocenters. The zero-order valence-electron chi connectivity index (χ0n) is 15.3. The summed E-state index contributed by atoms with van der Waals surface area (Å²) in [4.78, 5) is 12.4. The number of halogens is 4. The Morgan fingerprint density at radius 2 is 1.73 bits per heavy atom. The third-order valence-electron chi connectivity index (χ3n) is 4.19. The van der Waals surface area contributed by atoms with Gasteiger partial charge in [-0.1, -0.05) is 23.2 Å². The molecular weight excluding hydrogens is 465 g/mol. The number of nitrogens with one attached hydrogen (secondary N) is 1. The average molecular weight is 481 g/mol. The maximum atomic E-state index is 12.9. The summed E-state index contributed by atoms with van der Waals surface area (Å²) in [6.45, 7) is -2.14. The van der Waals surface area contributed by atoms with Crippen LogP contribution < -0.4 is 10.1 Å². The predicted molar refractivity (Wildman–Crippen MR) is 107 cm³/mol. The van der Waals surface area contributed by atoms with Crippen LogP contribution in [0.3, 0.4) is 0 Å². The first-order valence-corrected chi connectivity index (χ1v) is 10.8. The van der Waals surface area contributed by atoms with Crippen LogP contribution in [0.4, 0.5) is 14.5 Å². The van der Waals surface area contributed by atoms with E-state index in [-0.39, 0.29) is 58.2 Å². The Morgan fingerprint density at radius 3 is 2.33 bits per heavy atom. The van der Waals surface area contributed by atoms with E-state index >= 15 is 0 Å². The van der Waals surface area contributed by atoms with Gasteiger partial charge in [0.05, 0.1) is 28.8 Å². The SMILES string of the molecule is O=C(Nc1ccc(OC(F)F)cc1)c1cc(S(=O)(=O)N2CCOCC2)c(Cl)cc1Cl. The van der Waals surface area contributed by atoms with Gasteiger partial charge in [0, 0.05) is 18.8 Å². The fourth-order valence-electron chi connectivity index (χ4n) is 2.74. The lowest BCUT2D eigenvalue weighted by atomic mass is 10.2. The number of alkyl halides is 2. The minimum Gasteiger partial charge on any atom is -0.435 e. The highest BCUT2D eigenvalue weighted by molar-refractivity contribution is 7.89. The van der Waals surface area contributed by atoms with Crippen molar-refractivity contribution in [2.24, 2.45) is 0 Å². The van der Waals surface area contributed by atoms with Gasteiger partial charge in [0.1, 0.15) is 10.6 Å². The minimum atomic E-state index is -3.96.